The average molecular weight is 492 g/mol. The molecule has 0 spiro atoms. The normalized spacial score (nSPS) is 8.03. The first kappa shape index (κ1) is 34.7. The Labute approximate surface area is 219 Å². The van der Waals surface area contributed by atoms with E-state index in [0.29, 0.717) is 32.3 Å². The molecule has 0 atom stereocenters. The van der Waals surface area contributed by atoms with Crippen molar-refractivity contribution in [1.29, 1.82) is 0 Å². The summed E-state index contributed by atoms with van der Waals surface area (Å²) < 4.78 is 4.77. The number of ether oxygens (including phenoxy) is 1. The quantitative estimate of drug-likeness (QED) is 0.333. The first-order valence-electron chi connectivity index (χ1n) is 12.7. The third-order valence-corrected chi connectivity index (χ3v) is 4.18. The van der Waals surface area contributed by atoms with Crippen LogP contribution >= 0.6 is 0 Å². The number of hydrogen-bond acceptors (Lipinski definition) is 4. The van der Waals surface area contributed by atoms with E-state index >= 15 is 0 Å². The molecule has 0 fully saturated rings. The van der Waals surface area contributed by atoms with Gasteiger partial charge in [0, 0.05) is 64.8 Å². The van der Waals surface area contributed by atoms with Crippen molar-refractivity contribution in [3.05, 3.63) is 0 Å². The molecule has 0 aromatic rings. The van der Waals surface area contributed by atoms with Crippen LogP contribution in [-0.4, -0.2) is 54.1 Å². The number of carbonyl (C=O) groups is 1. The highest BCUT2D eigenvalue weighted by atomic mass is 16.6. The summed E-state index contributed by atoms with van der Waals surface area (Å²) in [5.74, 6) is 34.5. The maximum Gasteiger partial charge on any atom is 0.409 e. The molecule has 0 bridgehead atoms. The summed E-state index contributed by atoms with van der Waals surface area (Å²) in [7, 11) is 0. The number of amides is 1. The van der Waals surface area contributed by atoms with Gasteiger partial charge < -0.3 is 19.8 Å². The van der Waals surface area contributed by atoms with Gasteiger partial charge in [0.05, 0.1) is 6.61 Å². The molecule has 0 rings (SSSR count). The number of unbranched alkanes of at least 4 members (excludes halogenated alkanes) is 6. The lowest BCUT2D eigenvalue weighted by Gasteiger charge is -2.16. The fraction of sp³-hybridized carbons (Fsp3) is 0.581. The van der Waals surface area contributed by atoms with E-state index in [9.17, 15) is 4.79 Å². The zero-order valence-electron chi connectivity index (χ0n) is 22.3. The Bertz CT molecular complexity index is 861. The van der Waals surface area contributed by atoms with Crippen LogP contribution in [0.3, 0.4) is 0 Å². The van der Waals surface area contributed by atoms with Gasteiger partial charge in [0.25, 0.3) is 0 Å². The number of carbonyl (C=O) groups excluding carboxylic acids is 1. The van der Waals surface area contributed by atoms with Crippen molar-refractivity contribution in [2.75, 3.05) is 32.9 Å². The van der Waals surface area contributed by atoms with Crippen LogP contribution in [0, 0.1) is 71.0 Å². The maximum absolute atomic E-state index is 10.9. The third kappa shape index (κ3) is 28.6. The summed E-state index contributed by atoms with van der Waals surface area (Å²) in [5.41, 5.74) is 0. The predicted octanol–water partition coefficient (Wildman–Crippen LogP) is 4.38. The summed E-state index contributed by atoms with van der Waals surface area (Å²) in [5, 5.41) is 17.2. The fourth-order valence-electron chi connectivity index (χ4n) is 2.24. The molecule has 5 nitrogen and oxygen atoms in total. The molecule has 0 aliphatic heterocycles. The minimum Gasteiger partial charge on any atom is -0.450 e. The first-order valence-corrected chi connectivity index (χ1v) is 12.7. The molecule has 0 radical (unpaired) electrons. The summed E-state index contributed by atoms with van der Waals surface area (Å²) in [6.45, 7) is 8.01. The van der Waals surface area contributed by atoms with Crippen molar-refractivity contribution in [3.63, 3.8) is 0 Å². The van der Waals surface area contributed by atoms with Gasteiger partial charge in [-0.3, -0.25) is 0 Å². The van der Waals surface area contributed by atoms with Gasteiger partial charge in [-0.25, -0.2) is 4.79 Å². The molecular formula is C31H41NO4. The Morgan fingerprint density at radius 2 is 0.917 bits per heavy atom. The number of hydrogen-bond donors (Lipinski definition) is 2. The van der Waals surface area contributed by atoms with Crippen LogP contribution in [0.2, 0.25) is 0 Å². The molecule has 0 saturated heterocycles. The minimum atomic E-state index is -0.215. The average Bonchev–Trinajstić information content (AvgIpc) is 2.88. The van der Waals surface area contributed by atoms with E-state index in [0.717, 1.165) is 51.6 Å². The predicted molar refractivity (Wildman–Crippen MR) is 147 cm³/mol. The van der Waals surface area contributed by atoms with Crippen LogP contribution in [0.15, 0.2) is 0 Å². The second kappa shape index (κ2) is 31.6. The standard InChI is InChI=1S/C24H26O2.C7H15NO2/c25-23-21-19-17-15-13-11-9-7-5-3-1-2-4-6-8-10-12-14-16-18-20-22-24-26;1-4-8(5-2)7(9)10-6-3/h25-26H,5-8,17-24H2;4-6H2,1-3H3. The zero-order valence-corrected chi connectivity index (χ0v) is 22.3. The molecule has 36 heavy (non-hydrogen) atoms. The molecule has 0 saturated carbocycles. The first-order chi connectivity index (χ1) is 17.7. The Morgan fingerprint density at radius 1 is 0.583 bits per heavy atom. The van der Waals surface area contributed by atoms with Crippen LogP contribution in [0.1, 0.15) is 85.0 Å². The summed E-state index contributed by atoms with van der Waals surface area (Å²) >= 11 is 0. The van der Waals surface area contributed by atoms with Crippen LogP contribution in [0.25, 0.3) is 0 Å². The Morgan fingerprint density at radius 3 is 1.19 bits per heavy atom. The Hall–Kier alpha value is -3.45. The third-order valence-electron chi connectivity index (χ3n) is 4.18. The molecule has 0 aliphatic carbocycles. The van der Waals surface area contributed by atoms with Crippen molar-refractivity contribution in [1.82, 2.24) is 4.90 Å². The largest absolute Gasteiger partial charge is 0.450 e. The molecule has 0 unspecified atom stereocenters. The lowest BCUT2D eigenvalue weighted by atomic mass is 10.2. The van der Waals surface area contributed by atoms with Crippen molar-refractivity contribution in [2.45, 2.75) is 85.0 Å². The minimum absolute atomic E-state index is 0.215. The van der Waals surface area contributed by atoms with Gasteiger partial charge in [-0.15, -0.1) is 0 Å². The SMILES string of the molecule is CCOC(=O)N(CC)CC.OCCCCC#CC#CCCC#CC#CCCC#CC#CCCCCO. The Kier molecular flexibility index (Phi) is 30.4. The van der Waals surface area contributed by atoms with Crippen LogP contribution in [0.4, 0.5) is 4.79 Å². The van der Waals surface area contributed by atoms with Crippen LogP contribution in [-0.2, 0) is 4.74 Å². The van der Waals surface area contributed by atoms with Gasteiger partial charge in [0.15, 0.2) is 0 Å². The number of nitrogens with zero attached hydrogens (tertiary/aromatic N) is 1. The van der Waals surface area contributed by atoms with E-state index in [1.807, 2.05) is 13.8 Å². The van der Waals surface area contributed by atoms with E-state index in [4.69, 9.17) is 14.9 Å². The monoisotopic (exact) mass is 491 g/mol. The topological polar surface area (TPSA) is 70.0 Å². The fourth-order valence-corrected chi connectivity index (χ4v) is 2.24. The van der Waals surface area contributed by atoms with E-state index in [1.54, 1.807) is 11.8 Å². The van der Waals surface area contributed by atoms with Crippen molar-refractivity contribution in [3.8, 4) is 71.0 Å². The molecule has 5 heteroatoms. The van der Waals surface area contributed by atoms with Gasteiger partial charge >= 0.3 is 6.09 Å². The van der Waals surface area contributed by atoms with Gasteiger partial charge in [-0.2, -0.15) is 0 Å². The van der Waals surface area contributed by atoms with E-state index in [1.165, 1.54) is 0 Å². The van der Waals surface area contributed by atoms with Gasteiger partial charge in [-0.1, -0.05) is 35.5 Å². The second-order valence-electron chi connectivity index (χ2n) is 7.04. The van der Waals surface area contributed by atoms with Crippen molar-refractivity contribution in [2.24, 2.45) is 0 Å². The highest BCUT2D eigenvalue weighted by Crippen LogP contribution is 1.92. The number of aliphatic hydroxyl groups excluding tert-OH is 2. The van der Waals surface area contributed by atoms with Gasteiger partial charge in [0.1, 0.15) is 0 Å². The van der Waals surface area contributed by atoms with Gasteiger partial charge in [-0.05, 0) is 82.0 Å². The number of aliphatic hydroxyl groups is 2. The number of rotatable bonds is 11. The molecular weight excluding hydrogens is 450 g/mol. The highest BCUT2D eigenvalue weighted by Gasteiger charge is 2.07. The van der Waals surface area contributed by atoms with Crippen molar-refractivity contribution >= 4 is 6.09 Å². The Balaban J connectivity index is 0. The van der Waals surface area contributed by atoms with E-state index in [-0.39, 0.29) is 19.3 Å². The molecule has 2 N–H and O–H groups in total. The smallest absolute Gasteiger partial charge is 0.409 e. The molecule has 194 valence electrons. The van der Waals surface area contributed by atoms with E-state index < -0.39 is 0 Å². The van der Waals surface area contributed by atoms with Crippen LogP contribution in [0.5, 0.6) is 0 Å². The van der Waals surface area contributed by atoms with Crippen molar-refractivity contribution < 1.29 is 19.7 Å². The zero-order chi connectivity index (χ0) is 27.0. The lowest BCUT2D eigenvalue weighted by Crippen LogP contribution is -2.30. The van der Waals surface area contributed by atoms with E-state index in [2.05, 4.69) is 71.0 Å². The molecule has 0 heterocycles. The summed E-state index contributed by atoms with van der Waals surface area (Å²) in [6.07, 6.45) is 7.56. The lowest BCUT2D eigenvalue weighted by molar-refractivity contribution is 0.111. The summed E-state index contributed by atoms with van der Waals surface area (Å²) in [4.78, 5) is 12.6. The second-order valence-corrected chi connectivity index (χ2v) is 7.04. The summed E-state index contributed by atoms with van der Waals surface area (Å²) in [6, 6.07) is 0. The van der Waals surface area contributed by atoms with Gasteiger partial charge in [0.2, 0.25) is 0 Å². The van der Waals surface area contributed by atoms with Crippen LogP contribution < -0.4 is 0 Å². The molecule has 1 amide bonds. The molecule has 0 aromatic carbocycles. The molecule has 0 aliphatic rings. The molecule has 0 aromatic heterocycles. The highest BCUT2D eigenvalue weighted by molar-refractivity contribution is 5.67. The maximum atomic E-state index is 10.9.